The lowest BCUT2D eigenvalue weighted by atomic mass is 9.97. The standard InChI is InChI=1S/C10H11F3N2O5/c11-10(12,13)9(4-16)5(17)3-7(20-9)15-2-1-6(18)14-8(15)19/h1-2,5,7,16-17H,3-4H2,(H,14,18,19)/t5-,7+,9+/m0/s1. The third-order valence-electron chi connectivity index (χ3n) is 3.19. The molecule has 0 unspecified atom stereocenters. The van der Waals surface area contributed by atoms with E-state index in [1.54, 1.807) is 0 Å². The first-order chi connectivity index (χ1) is 9.21. The highest BCUT2D eigenvalue weighted by Crippen LogP contribution is 2.46. The van der Waals surface area contributed by atoms with Gasteiger partial charge >= 0.3 is 11.9 Å². The molecule has 0 saturated carbocycles. The number of halogens is 3. The second-order valence-electron chi connectivity index (χ2n) is 4.39. The van der Waals surface area contributed by atoms with Gasteiger partial charge in [0.2, 0.25) is 5.60 Å². The summed E-state index contributed by atoms with van der Waals surface area (Å²) in [6, 6.07) is 0.934. The minimum absolute atomic E-state index is 0.550. The number of nitrogens with zero attached hydrogens (tertiary/aromatic N) is 1. The molecule has 0 aromatic carbocycles. The Morgan fingerprint density at radius 2 is 2.15 bits per heavy atom. The maximum absolute atomic E-state index is 12.9. The molecule has 0 radical (unpaired) electrons. The smallest absolute Gasteiger partial charge is 0.393 e. The number of aliphatic hydroxyl groups is 2. The number of alkyl halides is 3. The van der Waals surface area contributed by atoms with Gasteiger partial charge in [-0.05, 0) is 0 Å². The fourth-order valence-electron chi connectivity index (χ4n) is 2.06. The molecule has 1 aliphatic rings. The van der Waals surface area contributed by atoms with Gasteiger partial charge in [-0.25, -0.2) is 4.79 Å². The van der Waals surface area contributed by atoms with E-state index in [4.69, 9.17) is 9.84 Å². The third kappa shape index (κ3) is 2.15. The van der Waals surface area contributed by atoms with Crippen LogP contribution < -0.4 is 11.2 Å². The van der Waals surface area contributed by atoms with Gasteiger partial charge in [0.25, 0.3) is 5.56 Å². The average Bonchev–Trinajstić information content (AvgIpc) is 2.66. The van der Waals surface area contributed by atoms with Gasteiger partial charge in [0, 0.05) is 18.7 Å². The highest BCUT2D eigenvalue weighted by molar-refractivity contribution is 5.01. The fraction of sp³-hybridized carbons (Fsp3) is 0.600. The summed E-state index contributed by atoms with van der Waals surface area (Å²) in [6.45, 7) is -1.48. The van der Waals surface area contributed by atoms with Crippen LogP contribution in [0.3, 0.4) is 0 Å². The number of aromatic amines is 1. The zero-order valence-electron chi connectivity index (χ0n) is 9.92. The van der Waals surface area contributed by atoms with Crippen molar-refractivity contribution in [3.63, 3.8) is 0 Å². The highest BCUT2D eigenvalue weighted by atomic mass is 19.4. The van der Waals surface area contributed by atoms with Gasteiger partial charge in [-0.15, -0.1) is 0 Å². The number of ether oxygens (including phenoxy) is 1. The zero-order valence-corrected chi connectivity index (χ0v) is 9.92. The maximum Gasteiger partial charge on any atom is 0.422 e. The van der Waals surface area contributed by atoms with Crippen LogP contribution in [0.1, 0.15) is 12.6 Å². The van der Waals surface area contributed by atoms with Gasteiger partial charge in [-0.2, -0.15) is 13.2 Å². The quantitative estimate of drug-likeness (QED) is 0.657. The minimum atomic E-state index is -5.01. The highest BCUT2D eigenvalue weighted by Gasteiger charge is 2.65. The van der Waals surface area contributed by atoms with Gasteiger partial charge < -0.3 is 14.9 Å². The molecule has 112 valence electrons. The lowest BCUT2D eigenvalue weighted by Crippen LogP contribution is -2.55. The molecule has 10 heteroatoms. The van der Waals surface area contributed by atoms with Crippen molar-refractivity contribution in [2.24, 2.45) is 0 Å². The number of hydrogen-bond acceptors (Lipinski definition) is 5. The van der Waals surface area contributed by atoms with Crippen molar-refractivity contribution < 1.29 is 28.1 Å². The molecule has 3 N–H and O–H groups in total. The van der Waals surface area contributed by atoms with Crippen molar-refractivity contribution in [3.8, 4) is 0 Å². The summed E-state index contributed by atoms with van der Waals surface area (Å²) in [6.07, 6.45) is -8.07. The van der Waals surface area contributed by atoms with E-state index < -0.39 is 48.4 Å². The molecule has 7 nitrogen and oxygen atoms in total. The molecule has 1 fully saturated rings. The first-order valence-corrected chi connectivity index (χ1v) is 5.56. The van der Waals surface area contributed by atoms with Crippen LogP contribution in [-0.4, -0.2) is 44.3 Å². The molecule has 1 aliphatic heterocycles. The van der Waals surface area contributed by atoms with Gasteiger partial charge in [0.1, 0.15) is 6.23 Å². The molecule has 0 spiro atoms. The monoisotopic (exact) mass is 296 g/mol. The Balaban J connectivity index is 2.40. The first-order valence-electron chi connectivity index (χ1n) is 5.56. The van der Waals surface area contributed by atoms with Crippen molar-refractivity contribution in [1.29, 1.82) is 0 Å². The van der Waals surface area contributed by atoms with Crippen LogP contribution in [0.2, 0.25) is 0 Å². The molecular weight excluding hydrogens is 285 g/mol. The molecule has 2 heterocycles. The SMILES string of the molecule is O=c1ccn([C@H]2C[C@H](O)[C@](CO)(C(F)(F)F)O2)c(=O)[nH]1. The van der Waals surface area contributed by atoms with Crippen molar-refractivity contribution in [1.82, 2.24) is 9.55 Å². The van der Waals surface area contributed by atoms with E-state index in [1.807, 2.05) is 4.98 Å². The topological polar surface area (TPSA) is 105 Å². The van der Waals surface area contributed by atoms with Gasteiger partial charge in [-0.1, -0.05) is 0 Å². The Morgan fingerprint density at radius 3 is 2.60 bits per heavy atom. The predicted octanol–water partition coefficient (Wildman–Crippen LogP) is -0.890. The van der Waals surface area contributed by atoms with Crippen LogP contribution in [-0.2, 0) is 4.74 Å². The lowest BCUT2D eigenvalue weighted by Gasteiger charge is -2.32. The first kappa shape index (κ1) is 14.8. The van der Waals surface area contributed by atoms with Crippen LogP contribution in [0.15, 0.2) is 21.9 Å². The summed E-state index contributed by atoms with van der Waals surface area (Å²) in [4.78, 5) is 24.2. The van der Waals surface area contributed by atoms with Crippen LogP contribution >= 0.6 is 0 Å². The summed E-state index contributed by atoms with van der Waals surface area (Å²) in [7, 11) is 0. The average molecular weight is 296 g/mol. The van der Waals surface area contributed by atoms with E-state index in [-0.39, 0.29) is 0 Å². The van der Waals surface area contributed by atoms with Gasteiger partial charge in [0.05, 0.1) is 12.7 Å². The Labute approximate surface area is 109 Å². The molecule has 1 saturated heterocycles. The molecule has 0 bridgehead atoms. The summed E-state index contributed by atoms with van der Waals surface area (Å²) in [5, 5.41) is 18.5. The van der Waals surface area contributed by atoms with E-state index in [0.29, 0.717) is 4.57 Å². The van der Waals surface area contributed by atoms with E-state index >= 15 is 0 Å². The number of rotatable bonds is 2. The van der Waals surface area contributed by atoms with Crippen LogP contribution in [0.5, 0.6) is 0 Å². The number of nitrogens with one attached hydrogen (secondary N) is 1. The van der Waals surface area contributed by atoms with Crippen molar-refractivity contribution >= 4 is 0 Å². The molecule has 1 aromatic rings. The maximum atomic E-state index is 12.9. The Bertz CT molecular complexity index is 610. The number of aromatic nitrogens is 2. The van der Waals surface area contributed by atoms with Crippen LogP contribution in [0.4, 0.5) is 13.2 Å². The van der Waals surface area contributed by atoms with E-state index in [9.17, 15) is 27.9 Å². The fourth-order valence-corrected chi connectivity index (χ4v) is 2.06. The van der Waals surface area contributed by atoms with E-state index in [0.717, 1.165) is 12.3 Å². The molecule has 2 rings (SSSR count). The van der Waals surface area contributed by atoms with Crippen molar-refractivity contribution in [3.05, 3.63) is 33.1 Å². The van der Waals surface area contributed by atoms with Gasteiger partial charge in [0.15, 0.2) is 0 Å². The van der Waals surface area contributed by atoms with Crippen molar-refractivity contribution in [2.75, 3.05) is 6.61 Å². The third-order valence-corrected chi connectivity index (χ3v) is 3.19. The molecule has 3 atom stereocenters. The minimum Gasteiger partial charge on any atom is -0.393 e. The normalized spacial score (nSPS) is 30.6. The number of H-pyrrole nitrogens is 1. The Hall–Kier alpha value is -1.65. The molecule has 0 amide bonds. The summed E-state index contributed by atoms with van der Waals surface area (Å²) in [5.41, 5.74) is -4.83. The number of aliphatic hydroxyl groups excluding tert-OH is 2. The largest absolute Gasteiger partial charge is 0.422 e. The Kier molecular flexibility index (Phi) is 3.48. The molecule has 20 heavy (non-hydrogen) atoms. The second kappa shape index (κ2) is 4.72. The zero-order chi connectivity index (χ0) is 15.1. The molecule has 0 aliphatic carbocycles. The summed E-state index contributed by atoms with van der Waals surface area (Å²) < 4.78 is 44.2. The lowest BCUT2D eigenvalue weighted by molar-refractivity contribution is -0.305. The molecule has 1 aromatic heterocycles. The Morgan fingerprint density at radius 1 is 1.50 bits per heavy atom. The van der Waals surface area contributed by atoms with E-state index in [1.165, 1.54) is 0 Å². The second-order valence-corrected chi connectivity index (χ2v) is 4.39. The van der Waals surface area contributed by atoms with Crippen LogP contribution in [0.25, 0.3) is 0 Å². The predicted molar refractivity (Wildman–Crippen MR) is 57.9 cm³/mol. The van der Waals surface area contributed by atoms with Gasteiger partial charge in [-0.3, -0.25) is 14.3 Å². The van der Waals surface area contributed by atoms with E-state index in [2.05, 4.69) is 0 Å². The number of hydrogen-bond donors (Lipinski definition) is 3. The summed E-state index contributed by atoms with van der Waals surface area (Å²) in [5.74, 6) is 0. The molecular formula is C10H11F3N2O5. The summed E-state index contributed by atoms with van der Waals surface area (Å²) >= 11 is 0. The van der Waals surface area contributed by atoms with Crippen molar-refractivity contribution in [2.45, 2.75) is 30.5 Å². The van der Waals surface area contributed by atoms with Crippen LogP contribution in [0, 0.1) is 0 Å².